The van der Waals surface area contributed by atoms with Crippen LogP contribution in [0.25, 0.3) is 5.57 Å². The van der Waals surface area contributed by atoms with Crippen molar-refractivity contribution in [2.75, 3.05) is 0 Å². The van der Waals surface area contributed by atoms with Gasteiger partial charge in [-0.05, 0) is 83.8 Å². The van der Waals surface area contributed by atoms with E-state index in [1.54, 1.807) is 0 Å². The van der Waals surface area contributed by atoms with Crippen LogP contribution >= 0.6 is 0 Å². The van der Waals surface area contributed by atoms with Crippen molar-refractivity contribution in [2.45, 2.75) is 123 Å². The molecule has 1 aromatic heterocycles. The van der Waals surface area contributed by atoms with Gasteiger partial charge in [-0.3, -0.25) is 4.98 Å². The van der Waals surface area contributed by atoms with Crippen LogP contribution in [0.2, 0.25) is 18.1 Å². The van der Waals surface area contributed by atoms with Crippen molar-refractivity contribution in [1.29, 1.82) is 0 Å². The van der Waals surface area contributed by atoms with Gasteiger partial charge in [-0.1, -0.05) is 78.8 Å². The third-order valence-electron chi connectivity index (χ3n) is 8.99. The maximum absolute atomic E-state index is 12.0. The van der Waals surface area contributed by atoms with Gasteiger partial charge in [-0.25, -0.2) is 0 Å². The third-order valence-corrected chi connectivity index (χ3v) is 13.5. The first-order valence-electron chi connectivity index (χ1n) is 14.5. The Morgan fingerprint density at radius 2 is 1.79 bits per heavy atom. The predicted molar refractivity (Wildman–Crippen MR) is 160 cm³/mol. The number of rotatable bonds is 7. The van der Waals surface area contributed by atoms with Gasteiger partial charge >= 0.3 is 0 Å². The van der Waals surface area contributed by atoms with E-state index in [9.17, 15) is 10.2 Å². The molecule has 4 rings (SSSR count). The number of nitrogens with zero attached hydrogens (tertiary/aromatic N) is 1. The van der Waals surface area contributed by atoms with Crippen LogP contribution < -0.4 is 0 Å². The SMILES string of the molecule is CC(C)c1nc2c(c(C3=CCCC3)c1[C@@H](O)c1ccc(CO)cc1)C(O[Si](C)(C)C(C)(C)C)CC(C)(C)C2. The molecule has 2 aliphatic carbocycles. The molecule has 208 valence electrons. The van der Waals surface area contributed by atoms with Crippen LogP contribution in [0.1, 0.15) is 131 Å². The number of aromatic nitrogens is 1. The van der Waals surface area contributed by atoms with Crippen molar-refractivity contribution >= 4 is 13.9 Å². The molecule has 0 amide bonds. The van der Waals surface area contributed by atoms with Gasteiger partial charge in [0.05, 0.1) is 12.7 Å². The summed E-state index contributed by atoms with van der Waals surface area (Å²) in [5.41, 5.74) is 8.64. The number of aliphatic hydroxyl groups is 2. The summed E-state index contributed by atoms with van der Waals surface area (Å²) in [6.07, 6.45) is 6.66. The molecule has 2 aliphatic rings. The molecule has 0 aliphatic heterocycles. The summed E-state index contributed by atoms with van der Waals surface area (Å²) in [5, 5.41) is 21.7. The zero-order chi connectivity index (χ0) is 28.0. The van der Waals surface area contributed by atoms with Crippen molar-refractivity contribution < 1.29 is 14.6 Å². The second-order valence-corrected chi connectivity index (χ2v) is 18.9. The second-order valence-electron chi connectivity index (χ2n) is 14.1. The Hall–Kier alpha value is -1.79. The molecular weight excluding hydrogens is 486 g/mol. The van der Waals surface area contributed by atoms with Gasteiger partial charge in [0.25, 0.3) is 0 Å². The van der Waals surface area contributed by atoms with Crippen LogP contribution in [-0.4, -0.2) is 23.5 Å². The lowest BCUT2D eigenvalue weighted by molar-refractivity contribution is 0.105. The Bertz CT molecular complexity index is 1190. The van der Waals surface area contributed by atoms with Crippen molar-refractivity contribution in [2.24, 2.45) is 5.41 Å². The standard InChI is InChI=1S/C33H49NO3Si/c1-21(2)30-29(31(36)24-16-14-22(20-35)15-17-24)27(23-12-10-11-13-23)28-25(34-30)18-33(6,7)19-26(28)37-38(8,9)32(3,4)5/h12,14-17,21,26,31,35-36H,10-11,13,18-20H2,1-9H3/t26?,31-/m0/s1. The Kier molecular flexibility index (Phi) is 8.18. The highest BCUT2D eigenvalue weighted by Crippen LogP contribution is 2.52. The first-order valence-corrected chi connectivity index (χ1v) is 17.4. The third kappa shape index (κ3) is 5.72. The van der Waals surface area contributed by atoms with E-state index in [-0.39, 0.29) is 29.1 Å². The summed E-state index contributed by atoms with van der Waals surface area (Å²) >= 11 is 0. The van der Waals surface area contributed by atoms with Gasteiger partial charge in [0, 0.05) is 22.5 Å². The smallest absolute Gasteiger partial charge is 0.192 e. The number of hydrogen-bond acceptors (Lipinski definition) is 4. The van der Waals surface area contributed by atoms with E-state index in [0.29, 0.717) is 0 Å². The van der Waals surface area contributed by atoms with E-state index < -0.39 is 14.4 Å². The highest BCUT2D eigenvalue weighted by atomic mass is 28.4. The topological polar surface area (TPSA) is 62.6 Å². The summed E-state index contributed by atoms with van der Waals surface area (Å²) in [7, 11) is -2.07. The lowest BCUT2D eigenvalue weighted by Gasteiger charge is -2.45. The van der Waals surface area contributed by atoms with E-state index in [1.807, 2.05) is 24.3 Å². The molecule has 1 aromatic carbocycles. The maximum atomic E-state index is 12.0. The first-order chi connectivity index (χ1) is 17.6. The summed E-state index contributed by atoms with van der Waals surface area (Å²) in [6, 6.07) is 7.69. The van der Waals surface area contributed by atoms with Gasteiger partial charge in [0.2, 0.25) is 0 Å². The lowest BCUT2D eigenvalue weighted by atomic mass is 9.71. The number of aliphatic hydroxyl groups excluding tert-OH is 2. The second kappa shape index (κ2) is 10.6. The fourth-order valence-corrected chi connectivity index (χ4v) is 7.13. The molecule has 0 saturated heterocycles. The summed E-state index contributed by atoms with van der Waals surface area (Å²) in [6.45, 7) is 20.7. The summed E-state index contributed by atoms with van der Waals surface area (Å²) in [4.78, 5) is 5.37. The van der Waals surface area contributed by atoms with Crippen LogP contribution in [0.5, 0.6) is 0 Å². The van der Waals surface area contributed by atoms with E-state index >= 15 is 0 Å². The fraction of sp³-hybridized carbons (Fsp3) is 0.606. The minimum Gasteiger partial charge on any atom is -0.410 e. The molecule has 0 spiro atoms. The van der Waals surface area contributed by atoms with E-state index in [2.05, 4.69) is 67.6 Å². The molecule has 2 N–H and O–H groups in total. The largest absolute Gasteiger partial charge is 0.410 e. The van der Waals surface area contributed by atoms with Crippen LogP contribution in [0.4, 0.5) is 0 Å². The molecule has 2 aromatic rings. The Balaban J connectivity index is 2.00. The lowest BCUT2D eigenvalue weighted by Crippen LogP contribution is -2.44. The maximum Gasteiger partial charge on any atom is 0.192 e. The number of pyridine rings is 1. The Morgan fingerprint density at radius 3 is 2.32 bits per heavy atom. The zero-order valence-electron chi connectivity index (χ0n) is 25.1. The molecule has 2 atom stereocenters. The average Bonchev–Trinajstić information content (AvgIpc) is 3.35. The molecule has 0 fully saturated rings. The van der Waals surface area contributed by atoms with Gasteiger partial charge in [-0.15, -0.1) is 0 Å². The number of benzene rings is 1. The van der Waals surface area contributed by atoms with Gasteiger partial charge < -0.3 is 14.6 Å². The first kappa shape index (κ1) is 29.2. The van der Waals surface area contributed by atoms with Crippen molar-refractivity contribution in [3.05, 3.63) is 69.5 Å². The van der Waals surface area contributed by atoms with Gasteiger partial charge in [0.1, 0.15) is 6.10 Å². The monoisotopic (exact) mass is 535 g/mol. The number of fused-ring (bicyclic) bond motifs is 1. The van der Waals surface area contributed by atoms with Crippen molar-refractivity contribution in [1.82, 2.24) is 4.98 Å². The highest BCUT2D eigenvalue weighted by molar-refractivity contribution is 6.74. The molecule has 0 saturated carbocycles. The van der Waals surface area contributed by atoms with Crippen molar-refractivity contribution in [3.63, 3.8) is 0 Å². The van der Waals surface area contributed by atoms with E-state index in [0.717, 1.165) is 60.2 Å². The molecule has 38 heavy (non-hydrogen) atoms. The molecule has 4 nitrogen and oxygen atoms in total. The van der Waals surface area contributed by atoms with Crippen LogP contribution in [0, 0.1) is 5.41 Å². The summed E-state index contributed by atoms with van der Waals surface area (Å²) in [5.74, 6) is 0.173. The molecule has 1 heterocycles. The molecule has 0 radical (unpaired) electrons. The summed E-state index contributed by atoms with van der Waals surface area (Å²) < 4.78 is 7.24. The average molecular weight is 536 g/mol. The van der Waals surface area contributed by atoms with E-state index in [1.165, 1.54) is 16.7 Å². The normalized spacial score (nSPS) is 20.4. The fourth-order valence-electron chi connectivity index (χ4n) is 5.86. The zero-order valence-corrected chi connectivity index (χ0v) is 26.1. The predicted octanol–water partition coefficient (Wildman–Crippen LogP) is 8.38. The van der Waals surface area contributed by atoms with Gasteiger partial charge in [0.15, 0.2) is 8.32 Å². The molecule has 0 bridgehead atoms. The highest BCUT2D eigenvalue weighted by Gasteiger charge is 2.45. The van der Waals surface area contributed by atoms with Crippen molar-refractivity contribution in [3.8, 4) is 0 Å². The molecular formula is C33H49NO3Si. The Morgan fingerprint density at radius 1 is 1.13 bits per heavy atom. The number of hydrogen-bond donors (Lipinski definition) is 2. The van der Waals surface area contributed by atoms with Crippen LogP contribution in [0.15, 0.2) is 30.3 Å². The minimum atomic E-state index is -2.07. The Labute approximate surface area is 231 Å². The van der Waals surface area contributed by atoms with Gasteiger partial charge in [-0.2, -0.15) is 0 Å². The molecule has 1 unspecified atom stereocenters. The van der Waals surface area contributed by atoms with Crippen LogP contribution in [-0.2, 0) is 17.5 Å². The van der Waals surface area contributed by atoms with Crippen LogP contribution in [0.3, 0.4) is 0 Å². The number of allylic oxidation sites excluding steroid dienone is 2. The molecule has 5 heteroatoms. The minimum absolute atomic E-state index is 0.00554. The quantitative estimate of drug-likeness (QED) is 0.350. The van der Waals surface area contributed by atoms with E-state index in [4.69, 9.17) is 9.41 Å².